The fourth-order valence-corrected chi connectivity index (χ4v) is 1.74. The molecule has 19 heavy (non-hydrogen) atoms. The van der Waals surface area contributed by atoms with Crippen molar-refractivity contribution in [2.45, 2.75) is 19.4 Å². The Morgan fingerprint density at radius 1 is 1.37 bits per heavy atom. The van der Waals surface area contributed by atoms with Crippen molar-refractivity contribution in [3.63, 3.8) is 0 Å². The van der Waals surface area contributed by atoms with Crippen LogP contribution < -0.4 is 15.4 Å². The fraction of sp³-hybridized carbons (Fsp3) is 0.467. The van der Waals surface area contributed by atoms with Crippen molar-refractivity contribution in [3.05, 3.63) is 36.4 Å². The van der Waals surface area contributed by atoms with Gasteiger partial charge in [0.25, 0.3) is 0 Å². The summed E-state index contributed by atoms with van der Waals surface area (Å²) in [5.41, 5.74) is 2.16. The zero-order chi connectivity index (χ0) is 14.1. The van der Waals surface area contributed by atoms with Gasteiger partial charge in [0, 0.05) is 11.7 Å². The summed E-state index contributed by atoms with van der Waals surface area (Å²) in [4.78, 5) is 0. The highest BCUT2D eigenvalue weighted by molar-refractivity contribution is 5.48. The molecule has 0 amide bonds. The van der Waals surface area contributed by atoms with Crippen LogP contribution in [0.5, 0.6) is 5.75 Å². The van der Waals surface area contributed by atoms with Gasteiger partial charge in [0.05, 0.1) is 6.61 Å². The number of rotatable bonds is 9. The van der Waals surface area contributed by atoms with E-state index in [2.05, 4.69) is 17.2 Å². The minimum absolute atomic E-state index is 0.0295. The largest absolute Gasteiger partial charge is 0.491 e. The number of aliphatic hydroxyl groups excluding tert-OH is 1. The first kappa shape index (κ1) is 15.5. The molecule has 0 aliphatic carbocycles. The number of hydrogen-bond donors (Lipinski definition) is 3. The average molecular weight is 264 g/mol. The monoisotopic (exact) mass is 264 g/mol. The molecule has 0 aromatic heterocycles. The third-order valence-electron chi connectivity index (χ3n) is 2.83. The van der Waals surface area contributed by atoms with Gasteiger partial charge in [-0.1, -0.05) is 12.2 Å². The molecule has 0 heterocycles. The topological polar surface area (TPSA) is 53.5 Å². The van der Waals surface area contributed by atoms with E-state index in [1.807, 2.05) is 38.2 Å². The van der Waals surface area contributed by atoms with Crippen molar-refractivity contribution in [1.29, 1.82) is 0 Å². The molecule has 0 aliphatic heterocycles. The quantitative estimate of drug-likeness (QED) is 0.597. The van der Waals surface area contributed by atoms with Crippen LogP contribution in [0.1, 0.15) is 13.3 Å². The number of ether oxygens (including phenoxy) is 1. The molecule has 0 saturated carbocycles. The summed E-state index contributed by atoms with van der Waals surface area (Å²) in [7, 11) is 1.95. The Morgan fingerprint density at radius 2 is 2.05 bits per heavy atom. The van der Waals surface area contributed by atoms with E-state index in [-0.39, 0.29) is 12.6 Å². The van der Waals surface area contributed by atoms with Gasteiger partial charge < -0.3 is 20.5 Å². The van der Waals surface area contributed by atoms with Crippen LogP contribution in [0.15, 0.2) is 36.4 Å². The molecule has 1 atom stereocenters. The fourth-order valence-electron chi connectivity index (χ4n) is 1.74. The Balaban J connectivity index is 2.56. The summed E-state index contributed by atoms with van der Waals surface area (Å²) >= 11 is 0. The lowest BCUT2D eigenvalue weighted by atomic mass is 10.1. The smallest absolute Gasteiger partial charge is 0.119 e. The molecule has 4 nitrogen and oxygen atoms in total. The first-order chi connectivity index (χ1) is 9.17. The molecule has 0 spiro atoms. The molecule has 1 aromatic rings. The average Bonchev–Trinajstić information content (AvgIpc) is 2.42. The van der Waals surface area contributed by atoms with Crippen LogP contribution in [0.25, 0.3) is 0 Å². The molecule has 0 aliphatic rings. The number of nitrogens with one attached hydrogen (secondary N) is 2. The summed E-state index contributed by atoms with van der Waals surface area (Å²) in [5, 5.41) is 15.3. The Morgan fingerprint density at radius 3 is 2.58 bits per heavy atom. The molecule has 4 heteroatoms. The maximum Gasteiger partial charge on any atom is 0.119 e. The van der Waals surface area contributed by atoms with Gasteiger partial charge in [-0.15, -0.1) is 0 Å². The standard InChI is InChI=1S/C15H24N2O2/c1-12(2)15(8-9-16-3)17-13-4-6-14(7-5-13)19-11-10-18/h4-7,15-18H,1,8-11H2,2-3H3. The molecule has 3 N–H and O–H groups in total. The summed E-state index contributed by atoms with van der Waals surface area (Å²) in [6, 6.07) is 8.00. The SMILES string of the molecule is C=C(C)C(CCNC)Nc1ccc(OCCO)cc1. The molecular weight excluding hydrogens is 240 g/mol. The van der Waals surface area contributed by atoms with Gasteiger partial charge in [0.1, 0.15) is 12.4 Å². The van der Waals surface area contributed by atoms with Gasteiger partial charge in [-0.2, -0.15) is 0 Å². The molecule has 0 saturated heterocycles. The normalized spacial score (nSPS) is 11.9. The van der Waals surface area contributed by atoms with Crippen LogP contribution in [0, 0.1) is 0 Å². The maximum atomic E-state index is 8.69. The number of benzene rings is 1. The lowest BCUT2D eigenvalue weighted by Crippen LogP contribution is -2.25. The second-order valence-electron chi connectivity index (χ2n) is 4.53. The Labute approximate surface area is 115 Å². The number of aliphatic hydroxyl groups is 1. The van der Waals surface area contributed by atoms with Crippen molar-refractivity contribution in [1.82, 2.24) is 5.32 Å². The van der Waals surface area contributed by atoms with Gasteiger partial charge in [-0.25, -0.2) is 0 Å². The molecule has 1 aromatic carbocycles. The number of hydrogen-bond acceptors (Lipinski definition) is 4. The van der Waals surface area contributed by atoms with E-state index in [9.17, 15) is 0 Å². The highest BCUT2D eigenvalue weighted by Gasteiger charge is 2.08. The van der Waals surface area contributed by atoms with E-state index in [0.717, 1.165) is 30.0 Å². The Kier molecular flexibility index (Phi) is 7.00. The third-order valence-corrected chi connectivity index (χ3v) is 2.83. The molecule has 106 valence electrons. The minimum atomic E-state index is 0.0295. The maximum absolute atomic E-state index is 8.69. The Bertz CT molecular complexity index is 376. The van der Waals surface area contributed by atoms with E-state index < -0.39 is 0 Å². The first-order valence-electron chi connectivity index (χ1n) is 6.57. The molecule has 0 radical (unpaired) electrons. The second-order valence-corrected chi connectivity index (χ2v) is 4.53. The van der Waals surface area contributed by atoms with Crippen molar-refractivity contribution in [3.8, 4) is 5.75 Å². The zero-order valence-corrected chi connectivity index (χ0v) is 11.8. The molecule has 0 bridgehead atoms. The van der Waals surface area contributed by atoms with E-state index >= 15 is 0 Å². The lowest BCUT2D eigenvalue weighted by molar-refractivity contribution is 0.201. The van der Waals surface area contributed by atoms with Crippen molar-refractivity contribution < 1.29 is 9.84 Å². The van der Waals surface area contributed by atoms with Crippen LogP contribution in [-0.4, -0.2) is 38.0 Å². The van der Waals surface area contributed by atoms with E-state index in [1.54, 1.807) is 0 Å². The van der Waals surface area contributed by atoms with Crippen LogP contribution in [0.2, 0.25) is 0 Å². The Hall–Kier alpha value is -1.52. The highest BCUT2D eigenvalue weighted by atomic mass is 16.5. The number of anilines is 1. The second kappa shape index (κ2) is 8.56. The van der Waals surface area contributed by atoms with Crippen molar-refractivity contribution in [2.24, 2.45) is 0 Å². The van der Waals surface area contributed by atoms with Crippen LogP contribution >= 0.6 is 0 Å². The predicted octanol–water partition coefficient (Wildman–Crippen LogP) is 2.02. The summed E-state index contributed by atoms with van der Waals surface area (Å²) in [6.07, 6.45) is 0.995. The summed E-state index contributed by atoms with van der Waals surface area (Å²) in [6.45, 7) is 7.35. The van der Waals surface area contributed by atoms with Gasteiger partial charge >= 0.3 is 0 Å². The molecule has 1 unspecified atom stereocenters. The van der Waals surface area contributed by atoms with E-state index in [0.29, 0.717) is 6.61 Å². The molecular formula is C15H24N2O2. The van der Waals surface area contributed by atoms with Gasteiger partial charge in [0.2, 0.25) is 0 Å². The van der Waals surface area contributed by atoms with Crippen molar-refractivity contribution in [2.75, 3.05) is 32.1 Å². The highest BCUT2D eigenvalue weighted by Crippen LogP contribution is 2.18. The first-order valence-corrected chi connectivity index (χ1v) is 6.57. The minimum Gasteiger partial charge on any atom is -0.491 e. The van der Waals surface area contributed by atoms with Gasteiger partial charge in [0.15, 0.2) is 0 Å². The summed E-state index contributed by atoms with van der Waals surface area (Å²) < 4.78 is 5.32. The van der Waals surface area contributed by atoms with Crippen molar-refractivity contribution >= 4 is 5.69 Å². The van der Waals surface area contributed by atoms with Crippen LogP contribution in [-0.2, 0) is 0 Å². The molecule has 1 rings (SSSR count). The van der Waals surface area contributed by atoms with E-state index in [1.165, 1.54) is 0 Å². The molecule has 0 fully saturated rings. The van der Waals surface area contributed by atoms with Gasteiger partial charge in [-0.05, 0) is 51.2 Å². The van der Waals surface area contributed by atoms with E-state index in [4.69, 9.17) is 9.84 Å². The van der Waals surface area contributed by atoms with Crippen LogP contribution in [0.3, 0.4) is 0 Å². The van der Waals surface area contributed by atoms with Gasteiger partial charge in [-0.3, -0.25) is 0 Å². The zero-order valence-electron chi connectivity index (χ0n) is 11.8. The van der Waals surface area contributed by atoms with Crippen LogP contribution in [0.4, 0.5) is 5.69 Å². The lowest BCUT2D eigenvalue weighted by Gasteiger charge is -2.20. The summed E-state index contributed by atoms with van der Waals surface area (Å²) in [5.74, 6) is 0.765. The third kappa shape index (κ3) is 5.77. The predicted molar refractivity (Wildman–Crippen MR) is 79.8 cm³/mol.